The lowest BCUT2D eigenvalue weighted by Gasteiger charge is -2.20. The molecule has 0 aliphatic carbocycles. The van der Waals surface area contributed by atoms with E-state index in [2.05, 4.69) is 11.9 Å². The number of amides is 2. The highest BCUT2D eigenvalue weighted by Crippen LogP contribution is 2.32. The first-order valence-corrected chi connectivity index (χ1v) is 8.71. The molecule has 1 N–H and O–H groups in total. The number of carbonyl (C=O) groups is 2. The number of hydrogen-bond acceptors (Lipinski definition) is 3. The molecule has 2 aliphatic rings. The normalized spacial score (nSPS) is 21.6. The van der Waals surface area contributed by atoms with Crippen molar-refractivity contribution in [2.24, 2.45) is 0 Å². The van der Waals surface area contributed by atoms with Crippen molar-refractivity contribution in [1.82, 2.24) is 4.90 Å². The first-order chi connectivity index (χ1) is 12.7. The molecule has 0 bridgehead atoms. The number of rotatable bonds is 4. The molecule has 0 radical (unpaired) electrons. The summed E-state index contributed by atoms with van der Waals surface area (Å²) in [5.41, 5.74) is 3.07. The van der Waals surface area contributed by atoms with E-state index in [0.29, 0.717) is 30.8 Å². The molecule has 5 heteroatoms. The van der Waals surface area contributed by atoms with Gasteiger partial charge in [0.2, 0.25) is 5.91 Å². The molecule has 2 heterocycles. The van der Waals surface area contributed by atoms with Gasteiger partial charge in [0, 0.05) is 13.0 Å². The van der Waals surface area contributed by atoms with Gasteiger partial charge < -0.3 is 15.0 Å². The quantitative estimate of drug-likeness (QED) is 0.864. The van der Waals surface area contributed by atoms with Crippen LogP contribution in [0.25, 0.3) is 11.1 Å². The van der Waals surface area contributed by atoms with Crippen molar-refractivity contribution in [3.05, 3.63) is 66.7 Å². The third-order valence-electron chi connectivity index (χ3n) is 4.89. The van der Waals surface area contributed by atoms with Gasteiger partial charge in [-0.3, -0.25) is 9.59 Å². The SMILES string of the molecule is C=CCO[C@H]1C[C@@H]2C(=O)Nc3ccc(-c4ccccc4)cc3C(=O)N2C1. The maximum Gasteiger partial charge on any atom is 0.256 e. The first-order valence-electron chi connectivity index (χ1n) is 8.71. The predicted molar refractivity (Wildman–Crippen MR) is 99.9 cm³/mol. The Morgan fingerprint density at radius 1 is 1.15 bits per heavy atom. The monoisotopic (exact) mass is 348 g/mol. The lowest BCUT2D eigenvalue weighted by molar-refractivity contribution is -0.119. The molecule has 2 aromatic carbocycles. The number of fused-ring (bicyclic) bond motifs is 2. The van der Waals surface area contributed by atoms with Crippen molar-refractivity contribution in [2.75, 3.05) is 18.5 Å². The van der Waals surface area contributed by atoms with E-state index < -0.39 is 6.04 Å². The molecule has 2 atom stereocenters. The largest absolute Gasteiger partial charge is 0.372 e. The van der Waals surface area contributed by atoms with Crippen LogP contribution in [0.2, 0.25) is 0 Å². The second-order valence-corrected chi connectivity index (χ2v) is 6.57. The molecule has 26 heavy (non-hydrogen) atoms. The van der Waals surface area contributed by atoms with E-state index in [-0.39, 0.29) is 17.9 Å². The van der Waals surface area contributed by atoms with Crippen LogP contribution < -0.4 is 5.32 Å². The maximum atomic E-state index is 13.1. The van der Waals surface area contributed by atoms with Crippen molar-refractivity contribution in [2.45, 2.75) is 18.6 Å². The molecular formula is C21H20N2O3. The summed E-state index contributed by atoms with van der Waals surface area (Å²) in [6.45, 7) is 4.47. The Morgan fingerprint density at radius 2 is 1.96 bits per heavy atom. The van der Waals surface area contributed by atoms with Crippen molar-refractivity contribution in [3.8, 4) is 11.1 Å². The molecule has 0 aromatic heterocycles. The zero-order valence-corrected chi connectivity index (χ0v) is 14.4. The third kappa shape index (κ3) is 2.91. The van der Waals surface area contributed by atoms with E-state index in [1.165, 1.54) is 0 Å². The van der Waals surface area contributed by atoms with E-state index in [0.717, 1.165) is 11.1 Å². The fraction of sp³-hybridized carbons (Fsp3) is 0.238. The molecule has 132 valence electrons. The fourth-order valence-electron chi connectivity index (χ4n) is 3.61. The molecular weight excluding hydrogens is 328 g/mol. The van der Waals surface area contributed by atoms with Crippen LogP contribution in [0.15, 0.2) is 61.2 Å². The Morgan fingerprint density at radius 3 is 2.73 bits per heavy atom. The minimum absolute atomic E-state index is 0.133. The summed E-state index contributed by atoms with van der Waals surface area (Å²) in [5.74, 6) is -0.292. The highest BCUT2D eigenvalue weighted by atomic mass is 16.5. The van der Waals surface area contributed by atoms with Gasteiger partial charge in [-0.05, 0) is 23.3 Å². The van der Waals surface area contributed by atoms with Crippen LogP contribution in [0.4, 0.5) is 5.69 Å². The molecule has 1 fully saturated rings. The average Bonchev–Trinajstić information content (AvgIpc) is 3.07. The van der Waals surface area contributed by atoms with E-state index in [4.69, 9.17) is 4.74 Å². The molecule has 2 aromatic rings. The van der Waals surface area contributed by atoms with E-state index >= 15 is 0 Å². The highest BCUT2D eigenvalue weighted by molar-refractivity contribution is 6.10. The van der Waals surface area contributed by atoms with Crippen LogP contribution >= 0.6 is 0 Å². The second-order valence-electron chi connectivity index (χ2n) is 6.57. The van der Waals surface area contributed by atoms with Gasteiger partial charge in [-0.1, -0.05) is 42.5 Å². The van der Waals surface area contributed by atoms with Gasteiger partial charge in [-0.25, -0.2) is 0 Å². The Kier molecular flexibility index (Phi) is 4.31. The van der Waals surface area contributed by atoms with E-state index in [1.54, 1.807) is 17.0 Å². The molecule has 0 spiro atoms. The number of nitrogens with one attached hydrogen (secondary N) is 1. The number of nitrogens with zero attached hydrogens (tertiary/aromatic N) is 1. The highest BCUT2D eigenvalue weighted by Gasteiger charge is 2.43. The molecule has 0 saturated carbocycles. The number of benzene rings is 2. The van der Waals surface area contributed by atoms with E-state index in [9.17, 15) is 9.59 Å². The Hall–Kier alpha value is -2.92. The van der Waals surface area contributed by atoms with Gasteiger partial charge in [0.1, 0.15) is 6.04 Å². The molecule has 0 unspecified atom stereocenters. The molecule has 5 nitrogen and oxygen atoms in total. The summed E-state index contributed by atoms with van der Waals surface area (Å²) in [4.78, 5) is 27.4. The van der Waals surface area contributed by atoms with Gasteiger partial charge in [-0.15, -0.1) is 6.58 Å². The van der Waals surface area contributed by atoms with Crippen molar-refractivity contribution in [3.63, 3.8) is 0 Å². The fourth-order valence-corrected chi connectivity index (χ4v) is 3.61. The lowest BCUT2D eigenvalue weighted by Crippen LogP contribution is -2.40. The third-order valence-corrected chi connectivity index (χ3v) is 4.89. The zero-order chi connectivity index (χ0) is 18.1. The summed E-state index contributed by atoms with van der Waals surface area (Å²) in [6, 6.07) is 15.0. The van der Waals surface area contributed by atoms with Gasteiger partial charge in [0.15, 0.2) is 0 Å². The first kappa shape index (κ1) is 16.5. The summed E-state index contributed by atoms with van der Waals surface area (Å²) in [5, 5.41) is 2.90. The van der Waals surface area contributed by atoms with Crippen molar-refractivity contribution >= 4 is 17.5 Å². The average molecular weight is 348 g/mol. The predicted octanol–water partition coefficient (Wildman–Crippen LogP) is 3.09. The van der Waals surface area contributed by atoms with Crippen LogP contribution in [-0.2, 0) is 9.53 Å². The molecule has 4 rings (SSSR count). The van der Waals surface area contributed by atoms with Crippen LogP contribution in [0, 0.1) is 0 Å². The van der Waals surface area contributed by atoms with Gasteiger partial charge in [0.25, 0.3) is 5.91 Å². The number of carbonyl (C=O) groups excluding carboxylic acids is 2. The minimum atomic E-state index is -0.495. The minimum Gasteiger partial charge on any atom is -0.372 e. The topological polar surface area (TPSA) is 58.6 Å². The van der Waals surface area contributed by atoms with Crippen LogP contribution in [-0.4, -0.2) is 42.0 Å². The van der Waals surface area contributed by atoms with Crippen molar-refractivity contribution < 1.29 is 14.3 Å². The van der Waals surface area contributed by atoms with Crippen LogP contribution in [0.3, 0.4) is 0 Å². The summed E-state index contributed by atoms with van der Waals surface area (Å²) >= 11 is 0. The van der Waals surface area contributed by atoms with Gasteiger partial charge in [-0.2, -0.15) is 0 Å². The Labute approximate surface area is 152 Å². The molecule has 1 saturated heterocycles. The number of hydrogen-bond donors (Lipinski definition) is 1. The Bertz CT molecular complexity index is 863. The lowest BCUT2D eigenvalue weighted by atomic mass is 10.0. The standard InChI is InChI=1S/C21H20N2O3/c1-2-10-26-16-12-19-20(24)22-18-9-8-15(14-6-4-3-5-7-14)11-17(18)21(25)23(19)13-16/h2-9,11,16,19H,1,10,12-13H2,(H,22,24)/t16-,19+/m0/s1. The molecule has 2 aliphatic heterocycles. The van der Waals surface area contributed by atoms with Gasteiger partial charge in [0.05, 0.1) is 24.0 Å². The smallest absolute Gasteiger partial charge is 0.256 e. The summed E-state index contributed by atoms with van der Waals surface area (Å²) in [6.07, 6.45) is 2.03. The van der Waals surface area contributed by atoms with Gasteiger partial charge >= 0.3 is 0 Å². The summed E-state index contributed by atoms with van der Waals surface area (Å²) in [7, 11) is 0. The number of ether oxygens (including phenoxy) is 1. The maximum absolute atomic E-state index is 13.1. The van der Waals surface area contributed by atoms with E-state index in [1.807, 2.05) is 42.5 Å². The Balaban J connectivity index is 1.68. The van der Waals surface area contributed by atoms with Crippen molar-refractivity contribution in [1.29, 1.82) is 0 Å². The zero-order valence-electron chi connectivity index (χ0n) is 14.4. The molecule has 2 amide bonds. The number of anilines is 1. The van der Waals surface area contributed by atoms with Crippen LogP contribution in [0.1, 0.15) is 16.8 Å². The summed E-state index contributed by atoms with van der Waals surface area (Å²) < 4.78 is 5.67. The van der Waals surface area contributed by atoms with Crippen LogP contribution in [0.5, 0.6) is 0 Å². The second kappa shape index (κ2) is 6.77.